The number of ether oxygens (including phenoxy) is 1. The molecule has 0 aromatic heterocycles. The van der Waals surface area contributed by atoms with Crippen LogP contribution >= 0.6 is 11.6 Å². The average molecular weight is 347 g/mol. The lowest BCUT2D eigenvalue weighted by Crippen LogP contribution is -2.36. The van der Waals surface area contributed by atoms with E-state index in [-0.39, 0.29) is 11.9 Å². The van der Waals surface area contributed by atoms with Crippen LogP contribution in [0.15, 0.2) is 48.5 Å². The maximum atomic E-state index is 12.2. The summed E-state index contributed by atoms with van der Waals surface area (Å²) in [5, 5.41) is 3.70. The van der Waals surface area contributed by atoms with Crippen LogP contribution in [-0.2, 0) is 11.3 Å². The van der Waals surface area contributed by atoms with Gasteiger partial charge in [-0.25, -0.2) is 0 Å². The number of nitrogens with zero attached hydrogens (tertiary/aromatic N) is 1. The van der Waals surface area contributed by atoms with Crippen LogP contribution < -0.4 is 10.1 Å². The Morgan fingerprint density at radius 2 is 1.79 bits per heavy atom. The average Bonchev–Trinajstić information content (AvgIpc) is 2.55. The second-order valence-corrected chi connectivity index (χ2v) is 6.30. The van der Waals surface area contributed by atoms with Gasteiger partial charge in [0.05, 0.1) is 19.7 Å². The molecule has 2 aromatic rings. The van der Waals surface area contributed by atoms with Gasteiger partial charge in [0.15, 0.2) is 0 Å². The number of methoxy groups -OCH3 is 1. The highest BCUT2D eigenvalue weighted by Gasteiger charge is 2.12. The molecule has 0 saturated carbocycles. The molecule has 24 heavy (non-hydrogen) atoms. The highest BCUT2D eigenvalue weighted by Crippen LogP contribution is 2.16. The molecule has 1 N–H and O–H groups in total. The van der Waals surface area contributed by atoms with Gasteiger partial charge < -0.3 is 10.1 Å². The van der Waals surface area contributed by atoms with Crippen LogP contribution in [0.2, 0.25) is 5.02 Å². The summed E-state index contributed by atoms with van der Waals surface area (Å²) in [6, 6.07) is 15.3. The van der Waals surface area contributed by atoms with E-state index in [4.69, 9.17) is 16.3 Å². The molecule has 0 aliphatic rings. The summed E-state index contributed by atoms with van der Waals surface area (Å²) in [6.07, 6.45) is 0. The molecule has 0 heterocycles. The zero-order valence-corrected chi connectivity index (χ0v) is 15.0. The molecule has 0 fully saturated rings. The first-order valence-corrected chi connectivity index (χ1v) is 8.22. The summed E-state index contributed by atoms with van der Waals surface area (Å²) in [4.78, 5) is 14.2. The molecule has 2 aromatic carbocycles. The summed E-state index contributed by atoms with van der Waals surface area (Å²) >= 11 is 5.89. The van der Waals surface area contributed by atoms with E-state index in [0.717, 1.165) is 16.9 Å². The number of carbonyl (C=O) groups is 1. The highest BCUT2D eigenvalue weighted by molar-refractivity contribution is 6.30. The SMILES string of the molecule is COc1ccc(CN(C)CC(=O)NC(C)c2ccc(Cl)cc2)cc1. The molecule has 1 atom stereocenters. The van der Waals surface area contributed by atoms with E-state index >= 15 is 0 Å². The summed E-state index contributed by atoms with van der Waals surface area (Å²) in [7, 11) is 3.57. The summed E-state index contributed by atoms with van der Waals surface area (Å²) in [5.74, 6) is 0.824. The Hall–Kier alpha value is -2.04. The summed E-state index contributed by atoms with van der Waals surface area (Å²) in [6.45, 7) is 3.00. The molecule has 0 bridgehead atoms. The van der Waals surface area contributed by atoms with Gasteiger partial charge in [0.2, 0.25) is 5.91 Å². The Kier molecular flexibility index (Phi) is 6.64. The lowest BCUT2D eigenvalue weighted by Gasteiger charge is -2.19. The van der Waals surface area contributed by atoms with E-state index in [9.17, 15) is 4.79 Å². The smallest absolute Gasteiger partial charge is 0.234 e. The number of likely N-dealkylation sites (N-methyl/N-ethyl adjacent to an activating group) is 1. The van der Waals surface area contributed by atoms with Crippen LogP contribution in [0, 0.1) is 0 Å². The van der Waals surface area contributed by atoms with Crippen molar-refractivity contribution in [3.63, 3.8) is 0 Å². The summed E-state index contributed by atoms with van der Waals surface area (Å²) < 4.78 is 5.15. The zero-order chi connectivity index (χ0) is 17.5. The number of amides is 1. The minimum absolute atomic E-state index is 0.00605. The van der Waals surface area contributed by atoms with Gasteiger partial charge in [-0.2, -0.15) is 0 Å². The van der Waals surface area contributed by atoms with E-state index in [0.29, 0.717) is 18.1 Å². The van der Waals surface area contributed by atoms with Crippen molar-refractivity contribution in [1.82, 2.24) is 10.2 Å². The van der Waals surface area contributed by atoms with Crippen molar-refractivity contribution < 1.29 is 9.53 Å². The quantitative estimate of drug-likeness (QED) is 0.832. The summed E-state index contributed by atoms with van der Waals surface area (Å²) in [5.41, 5.74) is 2.17. The van der Waals surface area contributed by atoms with E-state index < -0.39 is 0 Å². The van der Waals surface area contributed by atoms with Crippen molar-refractivity contribution in [2.24, 2.45) is 0 Å². The molecule has 2 rings (SSSR count). The van der Waals surface area contributed by atoms with Crippen molar-refractivity contribution in [2.45, 2.75) is 19.5 Å². The maximum absolute atomic E-state index is 12.2. The van der Waals surface area contributed by atoms with Gasteiger partial charge in [0.25, 0.3) is 0 Å². The molecule has 1 amide bonds. The Bertz CT molecular complexity index is 656. The van der Waals surface area contributed by atoms with Crippen molar-refractivity contribution in [1.29, 1.82) is 0 Å². The third kappa shape index (κ3) is 5.55. The molecule has 0 aliphatic carbocycles. The van der Waals surface area contributed by atoms with Gasteiger partial charge in [-0.3, -0.25) is 9.69 Å². The molecule has 0 radical (unpaired) electrons. The van der Waals surface area contributed by atoms with Crippen LogP contribution in [0.1, 0.15) is 24.1 Å². The Morgan fingerprint density at radius 3 is 2.38 bits per heavy atom. The van der Waals surface area contributed by atoms with E-state index in [1.54, 1.807) is 7.11 Å². The van der Waals surface area contributed by atoms with Crippen LogP contribution in [0.25, 0.3) is 0 Å². The fraction of sp³-hybridized carbons (Fsp3) is 0.316. The van der Waals surface area contributed by atoms with Gasteiger partial charge in [0, 0.05) is 11.6 Å². The lowest BCUT2D eigenvalue weighted by atomic mass is 10.1. The first kappa shape index (κ1) is 18.3. The minimum atomic E-state index is -0.0517. The number of carbonyl (C=O) groups excluding carboxylic acids is 1. The fourth-order valence-corrected chi connectivity index (χ4v) is 2.59. The molecule has 0 aliphatic heterocycles. The predicted octanol–water partition coefficient (Wildman–Crippen LogP) is 3.66. The number of halogens is 1. The van der Waals surface area contributed by atoms with E-state index in [1.165, 1.54) is 0 Å². The molecule has 128 valence electrons. The van der Waals surface area contributed by atoms with Gasteiger partial charge in [-0.05, 0) is 49.4 Å². The minimum Gasteiger partial charge on any atom is -0.497 e. The van der Waals surface area contributed by atoms with E-state index in [2.05, 4.69) is 5.32 Å². The molecular formula is C19H23ClN2O2. The Morgan fingerprint density at radius 1 is 1.17 bits per heavy atom. The maximum Gasteiger partial charge on any atom is 0.234 e. The zero-order valence-electron chi connectivity index (χ0n) is 14.3. The number of hydrogen-bond acceptors (Lipinski definition) is 3. The van der Waals surface area contributed by atoms with Crippen molar-refractivity contribution in [3.05, 3.63) is 64.7 Å². The number of benzene rings is 2. The van der Waals surface area contributed by atoms with Crippen LogP contribution in [0.3, 0.4) is 0 Å². The second kappa shape index (κ2) is 8.71. The predicted molar refractivity (Wildman–Crippen MR) is 97.3 cm³/mol. The molecule has 0 spiro atoms. The standard InChI is InChI=1S/C19H23ClN2O2/c1-14(16-6-8-17(20)9-7-16)21-19(23)13-22(2)12-15-4-10-18(24-3)11-5-15/h4-11,14H,12-13H2,1-3H3,(H,21,23). The molecular weight excluding hydrogens is 324 g/mol. The fourth-order valence-electron chi connectivity index (χ4n) is 2.47. The van der Waals surface area contributed by atoms with Crippen LogP contribution in [0.4, 0.5) is 0 Å². The van der Waals surface area contributed by atoms with Gasteiger partial charge in [-0.1, -0.05) is 35.9 Å². The number of nitrogens with one attached hydrogen (secondary N) is 1. The van der Waals surface area contributed by atoms with Crippen molar-refractivity contribution >= 4 is 17.5 Å². The first-order chi connectivity index (χ1) is 11.5. The van der Waals surface area contributed by atoms with Gasteiger partial charge in [-0.15, -0.1) is 0 Å². The van der Waals surface area contributed by atoms with E-state index in [1.807, 2.05) is 67.4 Å². The van der Waals surface area contributed by atoms with Gasteiger partial charge in [0.1, 0.15) is 5.75 Å². The third-order valence-electron chi connectivity index (χ3n) is 3.77. The first-order valence-electron chi connectivity index (χ1n) is 7.84. The van der Waals surface area contributed by atoms with Crippen LogP contribution in [0.5, 0.6) is 5.75 Å². The normalized spacial score (nSPS) is 12.0. The number of hydrogen-bond donors (Lipinski definition) is 1. The molecule has 4 nitrogen and oxygen atoms in total. The lowest BCUT2D eigenvalue weighted by molar-refractivity contribution is -0.122. The van der Waals surface area contributed by atoms with Gasteiger partial charge >= 0.3 is 0 Å². The molecule has 0 saturated heterocycles. The van der Waals surface area contributed by atoms with Crippen molar-refractivity contribution in [2.75, 3.05) is 20.7 Å². The van der Waals surface area contributed by atoms with Crippen molar-refractivity contribution in [3.8, 4) is 5.75 Å². The monoisotopic (exact) mass is 346 g/mol. The topological polar surface area (TPSA) is 41.6 Å². The Labute approximate surface area is 148 Å². The largest absolute Gasteiger partial charge is 0.497 e. The molecule has 1 unspecified atom stereocenters. The third-order valence-corrected chi connectivity index (χ3v) is 4.02. The Balaban J connectivity index is 1.83. The van der Waals surface area contributed by atoms with Crippen LogP contribution in [-0.4, -0.2) is 31.5 Å². The molecule has 5 heteroatoms. The highest BCUT2D eigenvalue weighted by atomic mass is 35.5. The second-order valence-electron chi connectivity index (χ2n) is 5.86. The number of rotatable bonds is 7.